The molecule has 0 saturated heterocycles. The van der Waals surface area contributed by atoms with E-state index in [1.807, 2.05) is 30.6 Å². The first-order valence-corrected chi connectivity index (χ1v) is 8.04. The summed E-state index contributed by atoms with van der Waals surface area (Å²) >= 11 is 3.35. The summed E-state index contributed by atoms with van der Waals surface area (Å²) in [6, 6.07) is 9.43. The molecule has 0 aliphatic rings. The minimum Gasteiger partial charge on any atom is -0.313 e. The van der Waals surface area contributed by atoms with Crippen LogP contribution in [0.1, 0.15) is 24.5 Å². The van der Waals surface area contributed by atoms with Crippen LogP contribution in [-0.4, -0.2) is 17.6 Å². The molecule has 0 fully saturated rings. The number of rotatable bonds is 7. The van der Waals surface area contributed by atoms with Crippen LogP contribution in [0.2, 0.25) is 0 Å². The quantitative estimate of drug-likeness (QED) is 0.811. The lowest BCUT2D eigenvalue weighted by Gasteiger charge is -2.19. The second-order valence-corrected chi connectivity index (χ2v) is 6.11. The van der Waals surface area contributed by atoms with Gasteiger partial charge in [-0.15, -0.1) is 0 Å². The zero-order valence-electron chi connectivity index (χ0n) is 12.2. The Hall–Kier alpha value is -1.26. The summed E-state index contributed by atoms with van der Waals surface area (Å²) in [4.78, 5) is 4.05. The molecule has 0 radical (unpaired) electrons. The number of halogens is 2. The van der Waals surface area contributed by atoms with Gasteiger partial charge in [0.2, 0.25) is 0 Å². The van der Waals surface area contributed by atoms with E-state index in [0.29, 0.717) is 6.04 Å². The van der Waals surface area contributed by atoms with E-state index < -0.39 is 0 Å². The van der Waals surface area contributed by atoms with Gasteiger partial charge in [0.05, 0.1) is 0 Å². The van der Waals surface area contributed by atoms with Crippen LogP contribution in [0.4, 0.5) is 4.39 Å². The standard InChI is InChI=1S/C17H20BrFN2/c1-2-5-21-17(10-13-3-6-20-7-4-13)11-14-8-15(18)12-16(19)9-14/h3-4,6-9,12,17,21H,2,5,10-11H2,1H3. The maximum absolute atomic E-state index is 13.5. The Morgan fingerprint density at radius 2 is 1.86 bits per heavy atom. The molecule has 0 aliphatic heterocycles. The van der Waals surface area contributed by atoms with Gasteiger partial charge in [0, 0.05) is 22.9 Å². The van der Waals surface area contributed by atoms with Crippen LogP contribution in [0.25, 0.3) is 0 Å². The molecule has 1 N–H and O–H groups in total. The molecule has 21 heavy (non-hydrogen) atoms. The SMILES string of the molecule is CCCNC(Cc1ccncc1)Cc1cc(F)cc(Br)c1. The molecule has 112 valence electrons. The van der Waals surface area contributed by atoms with Crippen molar-refractivity contribution in [3.63, 3.8) is 0 Å². The summed E-state index contributed by atoms with van der Waals surface area (Å²) < 4.78 is 14.3. The van der Waals surface area contributed by atoms with E-state index in [1.54, 1.807) is 6.07 Å². The summed E-state index contributed by atoms with van der Waals surface area (Å²) in [5, 5.41) is 3.55. The van der Waals surface area contributed by atoms with Gasteiger partial charge < -0.3 is 5.32 Å². The van der Waals surface area contributed by atoms with Gasteiger partial charge in [-0.25, -0.2) is 4.39 Å². The van der Waals surface area contributed by atoms with Crippen LogP contribution in [0.5, 0.6) is 0 Å². The molecule has 2 rings (SSSR count). The molecule has 2 nitrogen and oxygen atoms in total. The van der Waals surface area contributed by atoms with E-state index in [0.717, 1.165) is 35.8 Å². The Kier molecular flexibility index (Phi) is 6.33. The zero-order valence-corrected chi connectivity index (χ0v) is 13.7. The fourth-order valence-corrected chi connectivity index (χ4v) is 2.89. The molecular formula is C17H20BrFN2. The molecule has 1 atom stereocenters. The van der Waals surface area contributed by atoms with Crippen LogP contribution in [0.15, 0.2) is 47.2 Å². The van der Waals surface area contributed by atoms with E-state index in [4.69, 9.17) is 0 Å². The van der Waals surface area contributed by atoms with Crippen LogP contribution < -0.4 is 5.32 Å². The molecule has 0 spiro atoms. The molecule has 1 aromatic carbocycles. The summed E-state index contributed by atoms with van der Waals surface area (Å²) in [5.41, 5.74) is 2.25. The average Bonchev–Trinajstić information content (AvgIpc) is 2.45. The highest BCUT2D eigenvalue weighted by Crippen LogP contribution is 2.17. The normalized spacial score (nSPS) is 12.3. The van der Waals surface area contributed by atoms with Crippen molar-refractivity contribution in [3.05, 3.63) is 64.1 Å². The van der Waals surface area contributed by atoms with Crippen molar-refractivity contribution in [1.29, 1.82) is 0 Å². The molecule has 1 aromatic heterocycles. The van der Waals surface area contributed by atoms with Crippen LogP contribution in [0, 0.1) is 5.82 Å². The maximum atomic E-state index is 13.5. The highest BCUT2D eigenvalue weighted by molar-refractivity contribution is 9.10. The summed E-state index contributed by atoms with van der Waals surface area (Å²) in [7, 11) is 0. The third-order valence-electron chi connectivity index (χ3n) is 3.32. The van der Waals surface area contributed by atoms with Crippen molar-refractivity contribution >= 4 is 15.9 Å². The molecule has 0 bridgehead atoms. The van der Waals surface area contributed by atoms with Gasteiger partial charge in [0.15, 0.2) is 0 Å². The van der Waals surface area contributed by atoms with E-state index >= 15 is 0 Å². The Bertz CT molecular complexity index is 540. The lowest BCUT2D eigenvalue weighted by molar-refractivity contribution is 0.503. The molecule has 0 amide bonds. The Labute approximate surface area is 133 Å². The van der Waals surface area contributed by atoms with Crippen molar-refractivity contribution < 1.29 is 4.39 Å². The highest BCUT2D eigenvalue weighted by atomic mass is 79.9. The van der Waals surface area contributed by atoms with Crippen molar-refractivity contribution in [2.75, 3.05) is 6.54 Å². The number of hydrogen-bond donors (Lipinski definition) is 1. The maximum Gasteiger partial charge on any atom is 0.124 e. The first-order valence-electron chi connectivity index (χ1n) is 7.24. The van der Waals surface area contributed by atoms with Crippen molar-refractivity contribution in [2.24, 2.45) is 0 Å². The van der Waals surface area contributed by atoms with Gasteiger partial charge in [0.25, 0.3) is 0 Å². The summed E-state index contributed by atoms with van der Waals surface area (Å²) in [6.45, 7) is 3.11. The molecule has 4 heteroatoms. The molecular weight excluding hydrogens is 331 g/mol. The molecule has 0 saturated carbocycles. The first kappa shape index (κ1) is 16.1. The second kappa shape index (κ2) is 8.25. The van der Waals surface area contributed by atoms with Crippen LogP contribution >= 0.6 is 15.9 Å². The first-order chi connectivity index (χ1) is 10.2. The minimum absolute atomic E-state index is 0.197. The minimum atomic E-state index is -0.197. The van der Waals surface area contributed by atoms with Gasteiger partial charge in [-0.05, 0) is 67.3 Å². The van der Waals surface area contributed by atoms with Gasteiger partial charge >= 0.3 is 0 Å². The average molecular weight is 351 g/mol. The van der Waals surface area contributed by atoms with Gasteiger partial charge in [-0.1, -0.05) is 22.9 Å². The number of nitrogens with zero attached hydrogens (tertiary/aromatic N) is 1. The molecule has 1 heterocycles. The van der Waals surface area contributed by atoms with E-state index in [9.17, 15) is 4.39 Å². The van der Waals surface area contributed by atoms with E-state index in [1.165, 1.54) is 11.6 Å². The fraction of sp³-hybridized carbons (Fsp3) is 0.353. The lowest BCUT2D eigenvalue weighted by atomic mass is 9.99. The smallest absolute Gasteiger partial charge is 0.124 e. The number of pyridine rings is 1. The van der Waals surface area contributed by atoms with E-state index in [2.05, 4.69) is 33.2 Å². The Morgan fingerprint density at radius 1 is 1.14 bits per heavy atom. The largest absolute Gasteiger partial charge is 0.313 e. The van der Waals surface area contributed by atoms with Crippen molar-refractivity contribution in [3.8, 4) is 0 Å². The molecule has 2 aromatic rings. The zero-order chi connectivity index (χ0) is 15.1. The van der Waals surface area contributed by atoms with E-state index in [-0.39, 0.29) is 5.82 Å². The Balaban J connectivity index is 2.08. The second-order valence-electron chi connectivity index (χ2n) is 5.19. The lowest BCUT2D eigenvalue weighted by Crippen LogP contribution is -2.33. The number of benzene rings is 1. The predicted octanol–water partition coefficient (Wildman–Crippen LogP) is 4.14. The number of hydrogen-bond acceptors (Lipinski definition) is 2. The number of nitrogens with one attached hydrogen (secondary N) is 1. The highest BCUT2D eigenvalue weighted by Gasteiger charge is 2.11. The molecule has 1 unspecified atom stereocenters. The van der Waals surface area contributed by atoms with Gasteiger partial charge in [-0.3, -0.25) is 4.98 Å². The van der Waals surface area contributed by atoms with Crippen molar-refractivity contribution in [1.82, 2.24) is 10.3 Å². The van der Waals surface area contributed by atoms with Crippen LogP contribution in [0.3, 0.4) is 0 Å². The third-order valence-corrected chi connectivity index (χ3v) is 3.78. The van der Waals surface area contributed by atoms with Gasteiger partial charge in [-0.2, -0.15) is 0 Å². The Morgan fingerprint density at radius 3 is 2.52 bits per heavy atom. The predicted molar refractivity (Wildman–Crippen MR) is 87.8 cm³/mol. The van der Waals surface area contributed by atoms with Gasteiger partial charge in [0.1, 0.15) is 5.82 Å². The van der Waals surface area contributed by atoms with Crippen molar-refractivity contribution in [2.45, 2.75) is 32.2 Å². The number of aromatic nitrogens is 1. The van der Waals surface area contributed by atoms with Crippen LogP contribution in [-0.2, 0) is 12.8 Å². The summed E-state index contributed by atoms with van der Waals surface area (Å²) in [5.74, 6) is -0.197. The topological polar surface area (TPSA) is 24.9 Å². The fourth-order valence-electron chi connectivity index (χ4n) is 2.38. The summed E-state index contributed by atoms with van der Waals surface area (Å²) in [6.07, 6.45) is 6.42. The molecule has 0 aliphatic carbocycles. The monoisotopic (exact) mass is 350 g/mol. The third kappa shape index (κ3) is 5.56.